The van der Waals surface area contributed by atoms with Gasteiger partial charge in [-0.2, -0.15) is 13.7 Å². The number of thiazole rings is 1. The topological polar surface area (TPSA) is 135 Å². The number of ether oxygens (including phenoxy) is 1. The van der Waals surface area contributed by atoms with E-state index in [1.54, 1.807) is 10.6 Å². The van der Waals surface area contributed by atoms with Crippen molar-refractivity contribution in [1.29, 1.82) is 0 Å². The maximum Gasteiger partial charge on any atom is 0.392 e. The normalized spacial score (nSPS) is 32.3. The Morgan fingerprint density at radius 2 is 1.09 bits per heavy atom. The summed E-state index contributed by atoms with van der Waals surface area (Å²) in [5, 5.41) is 18.1. The number of hydrogen-bond acceptors (Lipinski definition) is 10. The maximum atomic E-state index is 5.62. The van der Waals surface area contributed by atoms with Crippen molar-refractivity contribution in [2.45, 2.75) is 386 Å². The van der Waals surface area contributed by atoms with E-state index in [0.29, 0.717) is 30.2 Å². The van der Waals surface area contributed by atoms with Gasteiger partial charge in [-0.1, -0.05) is 11.3 Å². The Labute approximate surface area is 684 Å². The smallest absolute Gasteiger partial charge is 0.392 e. The molecule has 16 aliphatic rings. The largest absolute Gasteiger partial charge is 0.441 e. The predicted molar refractivity (Wildman–Crippen MR) is 459 cm³/mol. The number of nitrogens with zero attached hydrogens (tertiary/aromatic N) is 11. The molecule has 0 aromatic carbocycles. The first-order valence-corrected chi connectivity index (χ1v) is 46.6. The van der Waals surface area contributed by atoms with Crippen molar-refractivity contribution < 1.29 is 45.5 Å². The average molecular weight is 1570 g/mol. The van der Waals surface area contributed by atoms with E-state index in [2.05, 4.69) is 283 Å². The molecule has 1 aliphatic carbocycles. The van der Waals surface area contributed by atoms with Crippen molar-refractivity contribution in [3.05, 3.63) is 94.9 Å². The lowest BCUT2D eigenvalue weighted by Gasteiger charge is -2.63. The molecule has 21 heteroatoms. The molecule has 9 atom stereocenters. The highest BCUT2D eigenvalue weighted by Gasteiger charge is 2.61. The number of aromatic nitrogens is 7. The number of quaternary nitrogens is 4. The highest BCUT2D eigenvalue weighted by Crippen LogP contribution is 2.47. The minimum absolute atomic E-state index is 0.440. The highest BCUT2D eigenvalue weighted by atomic mass is 32.1. The number of piperazine rings is 3. The molecule has 0 spiro atoms. The van der Waals surface area contributed by atoms with Crippen LogP contribution >= 0.6 is 11.3 Å². The average Bonchev–Trinajstić information content (AvgIpc) is 1.41. The number of likely N-dealkylation sites (tertiary alicyclic amines) is 1. The van der Waals surface area contributed by atoms with Crippen LogP contribution in [0.4, 0.5) is 11.4 Å². The first-order valence-electron chi connectivity index (χ1n) is 45.7. The van der Waals surface area contributed by atoms with Gasteiger partial charge in [-0.15, -0.1) is 4.68 Å². The summed E-state index contributed by atoms with van der Waals surface area (Å²) in [6.45, 7) is 51.3. The van der Waals surface area contributed by atoms with E-state index in [1.165, 1.54) is 196 Å². The molecule has 0 radical (unpaired) electrons. The quantitative estimate of drug-likeness (QED) is 0.0536. The maximum absolute atomic E-state index is 5.62. The number of anilines is 2. The fraction of sp³-hybridized carbons (Fsp3) is 0.791. The summed E-state index contributed by atoms with van der Waals surface area (Å²) in [5.74, 6) is 3.86. The molecule has 626 valence electrons. The van der Waals surface area contributed by atoms with Crippen LogP contribution in [0, 0.1) is 0 Å². The van der Waals surface area contributed by atoms with Gasteiger partial charge >= 0.3 is 5.88 Å². The zero-order valence-corrected chi connectivity index (χ0v) is 75.5. The van der Waals surface area contributed by atoms with E-state index in [1.807, 2.05) is 23.5 Å². The number of rotatable bonds is 9. The molecule has 20 nitrogen and oxygen atoms in total. The van der Waals surface area contributed by atoms with Crippen LogP contribution < -0.4 is 70.4 Å². The van der Waals surface area contributed by atoms with Gasteiger partial charge in [0, 0.05) is 128 Å². The van der Waals surface area contributed by atoms with Gasteiger partial charge in [-0.25, -0.2) is 19.1 Å². The lowest BCUT2D eigenvalue weighted by molar-refractivity contribution is -0.987. The second-order valence-electron chi connectivity index (χ2n) is 39.7. The van der Waals surface area contributed by atoms with Crippen LogP contribution in [0.15, 0.2) is 67.0 Å². The molecule has 21 rings (SSSR count). The molecule has 12 bridgehead atoms. The molecule has 15 aliphatic heterocycles. The van der Waals surface area contributed by atoms with E-state index in [-0.39, 0.29) is 0 Å². The van der Waals surface area contributed by atoms with Crippen LogP contribution in [0.3, 0.4) is 0 Å². The summed E-state index contributed by atoms with van der Waals surface area (Å²) < 4.78 is 27.1. The zero-order chi connectivity index (χ0) is 80.1. The standard InChI is InChI=1S/2C12H23N2.C11H23N2.C10H16N3.C10H15N2O.C9H16N3.C9H19N2.C9H15N2.C9H14NS/c1-8(2)14(3)11-4-9-5-12(14)7-10(6-11)13-9;1-8(2)14(3)11-6-7-12(14)10-5-4-9(11)13-10;1-9(2)13(3)10-5-4-6-11(13)8-12-7-10;1-8(2)13-7-3-4-9-10(13)5-6-11-12-9;1-8(2)12-6-3-4-9-10(12)13-7-5-11-9;1-8(2)11-6-7-12-9(11)4-3-5-10-12;1-7(2)11(3)6-8-4-9(11)5-10-8;1-8(2)11-7-6-10-5-3-4-9(10)11;1-7(2)10-6-11-9-5-3-4-8(9)10/h2*8-13H,4-7H2,1-3H3;9-12H,4-8H2,1-3H3;3-4,7-8,11-12H,5-6H2,1-2H3;3-4,6,8,11H,5,7H2,1-2H3;6-8,10H,3-5H2,1-2H3;7-10H,4-6H2,1-3H3;6-8H,3-5H2,1-2H3;6-7H,3-5H2,1-2H3/q9*+1. The Kier molecular flexibility index (Phi) is 28.9. The molecule has 5 aromatic heterocycles. The van der Waals surface area contributed by atoms with Crippen LogP contribution in [0.25, 0.3) is 0 Å². The second kappa shape index (κ2) is 37.4. The van der Waals surface area contributed by atoms with Gasteiger partial charge in [0.1, 0.15) is 66.8 Å². The lowest BCUT2D eigenvalue weighted by atomic mass is 9.72. The summed E-state index contributed by atoms with van der Waals surface area (Å²) in [6, 6.07) is 24.9. The van der Waals surface area contributed by atoms with Gasteiger partial charge in [0.2, 0.25) is 11.2 Å². The van der Waals surface area contributed by atoms with Gasteiger partial charge in [0.05, 0.1) is 132 Å². The van der Waals surface area contributed by atoms with Crippen molar-refractivity contribution in [2.24, 2.45) is 0 Å². The van der Waals surface area contributed by atoms with Crippen molar-refractivity contribution in [3.8, 4) is 5.88 Å². The van der Waals surface area contributed by atoms with Crippen LogP contribution in [0.5, 0.6) is 5.88 Å². The van der Waals surface area contributed by atoms with E-state index in [0.717, 1.165) is 141 Å². The molecular weight excluding hydrogens is 1410 g/mol. The number of fused-ring (bicyclic) bond motifs is 15. The Balaban J connectivity index is 0.000000117. The zero-order valence-electron chi connectivity index (χ0n) is 74.7. The number of nitrogens with one attached hydrogen (secondary N) is 8. The van der Waals surface area contributed by atoms with Gasteiger partial charge in [-0.05, 0) is 182 Å². The number of likely N-dealkylation sites (N-methyl/N-ethyl adjacent to an activating group) is 3. The van der Waals surface area contributed by atoms with Crippen LogP contribution in [-0.2, 0) is 38.6 Å². The third-order valence-electron chi connectivity index (χ3n) is 30.8. The van der Waals surface area contributed by atoms with Crippen molar-refractivity contribution in [3.63, 3.8) is 0 Å². The molecule has 0 amide bonds. The van der Waals surface area contributed by atoms with Gasteiger partial charge in [0.15, 0.2) is 42.4 Å². The molecule has 11 fully saturated rings. The van der Waals surface area contributed by atoms with Crippen LogP contribution in [0.1, 0.15) is 279 Å². The summed E-state index contributed by atoms with van der Waals surface area (Å²) in [6.07, 6.45) is 40.2. The molecule has 5 aromatic rings. The van der Waals surface area contributed by atoms with E-state index in [4.69, 9.17) is 4.74 Å². The van der Waals surface area contributed by atoms with Gasteiger partial charge in [0.25, 0.3) is 11.6 Å². The number of pyridine rings is 2. The summed E-state index contributed by atoms with van der Waals surface area (Å²) >= 11 is 1.93. The lowest BCUT2D eigenvalue weighted by Crippen LogP contribution is -2.76. The molecular formula is C91H164N19OS+9. The van der Waals surface area contributed by atoms with Crippen LogP contribution in [-0.4, -0.2) is 204 Å². The minimum atomic E-state index is 0.440. The third kappa shape index (κ3) is 18.4. The van der Waals surface area contributed by atoms with E-state index in [9.17, 15) is 0 Å². The fourth-order valence-corrected chi connectivity index (χ4v) is 24.6. The molecule has 112 heavy (non-hydrogen) atoms. The van der Waals surface area contributed by atoms with E-state index >= 15 is 0 Å². The van der Waals surface area contributed by atoms with Crippen molar-refractivity contribution in [1.82, 2.24) is 35.9 Å². The van der Waals surface area contributed by atoms with Crippen molar-refractivity contribution in [2.75, 3.05) is 96.8 Å². The van der Waals surface area contributed by atoms with Gasteiger partial charge in [-0.3, -0.25) is 5.43 Å². The minimum Gasteiger partial charge on any atom is -0.441 e. The Bertz CT molecular complexity index is 3600. The number of imidazole rings is 2. The van der Waals surface area contributed by atoms with Crippen molar-refractivity contribution >= 4 is 22.7 Å². The molecule has 9 unspecified atom stereocenters. The SMILES string of the molecule is CC(C)[N+]1(C)C2CC3CC1CC(C2)N3.CC(C)[N+]1(C)C2CCC1C1CCC2N1.CC(C)[N+]1(C)C2CCCC1CNC2.CC(C)[N+]1(C)CC2CC1CN2.CC(C)[n+]1cccc2c1CCNN2.CC(C)[n+]1cccc2c1OCCN2.CC(C)[n+]1ccn2c1CCCN2.CC(C)[n+]1csc2c1CCC2.CC(C)n1cc[n+]2c1CCC2. The molecule has 0 saturated carbocycles. The number of aryl methyl sites for hydroxylation is 2. The molecule has 11 saturated heterocycles. The summed E-state index contributed by atoms with van der Waals surface area (Å²) in [7, 11) is 9.91. The molecule has 8 N–H and O–H groups in total. The Morgan fingerprint density at radius 3 is 1.65 bits per heavy atom. The number of hydrogen-bond donors (Lipinski definition) is 8. The fourth-order valence-electron chi connectivity index (χ4n) is 23.4. The molecule has 20 heterocycles. The monoisotopic (exact) mass is 1570 g/mol. The van der Waals surface area contributed by atoms with E-state index < -0.39 is 0 Å². The van der Waals surface area contributed by atoms with Gasteiger partial charge < -0.3 is 54.7 Å². The first-order chi connectivity index (χ1) is 53.5. The predicted octanol–water partition coefficient (Wildman–Crippen LogP) is 11.6. The Morgan fingerprint density at radius 1 is 0.491 bits per heavy atom. The summed E-state index contributed by atoms with van der Waals surface area (Å²) in [4.78, 5) is 1.62. The summed E-state index contributed by atoms with van der Waals surface area (Å²) in [5.41, 5.74) is 17.2. The number of piperidine rings is 5. The second-order valence-corrected chi connectivity index (χ2v) is 40.6. The number of hydrazine groups is 1. The van der Waals surface area contributed by atoms with Crippen LogP contribution in [0.2, 0.25) is 0 Å². The first kappa shape index (κ1) is 86.5. The third-order valence-corrected chi connectivity index (χ3v) is 31.9. The Hall–Kier alpha value is -4.81. The highest BCUT2D eigenvalue weighted by molar-refractivity contribution is 7.09.